The number of nitrogens with one attached hydrogen (secondary N) is 1. The molecule has 0 aromatic heterocycles. The molecule has 0 aromatic carbocycles. The summed E-state index contributed by atoms with van der Waals surface area (Å²) in [7, 11) is -1.96. The standard InChI is InChI=1S/C12H27N3O3S/c1-5-8-15(10-11-16)19(17,18)14(4)9-6-7-13-12(2)3/h5,12-13,16H,1,6-11H2,2-4H3. The molecule has 0 unspecified atom stereocenters. The lowest BCUT2D eigenvalue weighted by Crippen LogP contribution is -2.44. The van der Waals surface area contributed by atoms with Gasteiger partial charge in [0, 0.05) is 32.7 Å². The van der Waals surface area contributed by atoms with Crippen LogP contribution in [0.4, 0.5) is 0 Å². The smallest absolute Gasteiger partial charge is 0.282 e. The van der Waals surface area contributed by atoms with Crippen LogP contribution < -0.4 is 5.32 Å². The Morgan fingerprint density at radius 1 is 1.37 bits per heavy atom. The molecule has 2 N–H and O–H groups in total. The van der Waals surface area contributed by atoms with Crippen LogP contribution in [-0.4, -0.2) is 68.0 Å². The molecule has 0 aliphatic carbocycles. The van der Waals surface area contributed by atoms with E-state index in [2.05, 4.69) is 11.9 Å². The number of hydrogen-bond donors (Lipinski definition) is 2. The van der Waals surface area contributed by atoms with E-state index in [4.69, 9.17) is 5.11 Å². The second-order valence-corrected chi connectivity index (χ2v) is 6.70. The molecule has 7 heteroatoms. The second-order valence-electron chi connectivity index (χ2n) is 4.66. The normalized spacial score (nSPS) is 12.6. The van der Waals surface area contributed by atoms with E-state index in [0.29, 0.717) is 12.6 Å². The highest BCUT2D eigenvalue weighted by atomic mass is 32.2. The minimum atomic E-state index is -3.52. The average Bonchev–Trinajstić information content (AvgIpc) is 2.33. The maximum Gasteiger partial charge on any atom is 0.282 e. The molecule has 0 spiro atoms. The van der Waals surface area contributed by atoms with Crippen molar-refractivity contribution < 1.29 is 13.5 Å². The molecule has 0 heterocycles. The first-order valence-electron chi connectivity index (χ1n) is 6.52. The van der Waals surface area contributed by atoms with Crippen LogP contribution in [0.2, 0.25) is 0 Å². The van der Waals surface area contributed by atoms with E-state index >= 15 is 0 Å². The van der Waals surface area contributed by atoms with Gasteiger partial charge in [0.05, 0.1) is 6.61 Å². The first-order chi connectivity index (χ1) is 8.86. The maximum absolute atomic E-state index is 12.2. The van der Waals surface area contributed by atoms with Gasteiger partial charge < -0.3 is 10.4 Å². The number of aliphatic hydroxyl groups is 1. The monoisotopic (exact) mass is 293 g/mol. The highest BCUT2D eigenvalue weighted by molar-refractivity contribution is 7.86. The molecule has 0 atom stereocenters. The summed E-state index contributed by atoms with van der Waals surface area (Å²) in [6.07, 6.45) is 2.26. The zero-order valence-electron chi connectivity index (χ0n) is 12.2. The van der Waals surface area contributed by atoms with Crippen LogP contribution >= 0.6 is 0 Å². The summed E-state index contributed by atoms with van der Waals surface area (Å²) >= 11 is 0. The van der Waals surface area contributed by atoms with Gasteiger partial charge in [0.15, 0.2) is 0 Å². The van der Waals surface area contributed by atoms with Crippen molar-refractivity contribution in [1.29, 1.82) is 0 Å². The van der Waals surface area contributed by atoms with E-state index in [1.54, 1.807) is 7.05 Å². The molecule has 19 heavy (non-hydrogen) atoms. The van der Waals surface area contributed by atoms with Gasteiger partial charge in [-0.3, -0.25) is 0 Å². The molecule has 0 saturated heterocycles. The van der Waals surface area contributed by atoms with Crippen molar-refractivity contribution in [2.24, 2.45) is 0 Å². The molecular formula is C12H27N3O3S. The van der Waals surface area contributed by atoms with Crippen molar-refractivity contribution in [2.75, 3.05) is 39.8 Å². The van der Waals surface area contributed by atoms with Crippen LogP contribution in [-0.2, 0) is 10.2 Å². The van der Waals surface area contributed by atoms with Crippen LogP contribution in [0, 0.1) is 0 Å². The molecule has 0 aromatic rings. The Hall–Kier alpha value is -0.470. The van der Waals surface area contributed by atoms with Crippen molar-refractivity contribution >= 4 is 10.2 Å². The fraction of sp³-hybridized carbons (Fsp3) is 0.833. The van der Waals surface area contributed by atoms with E-state index in [1.165, 1.54) is 14.7 Å². The highest BCUT2D eigenvalue weighted by Crippen LogP contribution is 2.06. The van der Waals surface area contributed by atoms with Gasteiger partial charge in [-0.05, 0) is 13.0 Å². The van der Waals surface area contributed by atoms with E-state index < -0.39 is 10.2 Å². The molecule has 114 valence electrons. The summed E-state index contributed by atoms with van der Waals surface area (Å²) in [6, 6.07) is 0.397. The lowest BCUT2D eigenvalue weighted by atomic mass is 10.3. The van der Waals surface area contributed by atoms with Crippen LogP contribution in [0.5, 0.6) is 0 Å². The molecule has 0 amide bonds. The molecule has 6 nitrogen and oxygen atoms in total. The fourth-order valence-corrected chi connectivity index (χ4v) is 2.92. The maximum atomic E-state index is 12.2. The minimum absolute atomic E-state index is 0.0862. The third kappa shape index (κ3) is 7.03. The zero-order chi connectivity index (χ0) is 14.9. The summed E-state index contributed by atoms with van der Waals surface area (Å²) in [4.78, 5) is 0. The summed E-state index contributed by atoms with van der Waals surface area (Å²) < 4.78 is 27.0. The zero-order valence-corrected chi connectivity index (χ0v) is 13.0. The predicted molar refractivity (Wildman–Crippen MR) is 78.2 cm³/mol. The van der Waals surface area contributed by atoms with Crippen LogP contribution in [0.15, 0.2) is 12.7 Å². The second kappa shape index (κ2) is 9.44. The fourth-order valence-electron chi connectivity index (χ4n) is 1.56. The average molecular weight is 293 g/mol. The topological polar surface area (TPSA) is 72.9 Å². The summed E-state index contributed by atoms with van der Waals surface area (Å²) in [6.45, 7) is 8.95. The lowest BCUT2D eigenvalue weighted by Gasteiger charge is -2.26. The molecule has 0 rings (SSSR count). The van der Waals surface area contributed by atoms with Crippen molar-refractivity contribution in [2.45, 2.75) is 26.3 Å². The SMILES string of the molecule is C=CCN(CCO)S(=O)(=O)N(C)CCCNC(C)C. The molecular weight excluding hydrogens is 266 g/mol. The Balaban J connectivity index is 4.38. The van der Waals surface area contributed by atoms with Crippen LogP contribution in [0.3, 0.4) is 0 Å². The van der Waals surface area contributed by atoms with Gasteiger partial charge in [0.25, 0.3) is 10.2 Å². The first-order valence-corrected chi connectivity index (χ1v) is 7.92. The summed E-state index contributed by atoms with van der Waals surface area (Å²) in [5.41, 5.74) is 0. The van der Waals surface area contributed by atoms with Crippen LogP contribution in [0.25, 0.3) is 0 Å². The quantitative estimate of drug-likeness (QED) is 0.416. The van der Waals surface area contributed by atoms with Crippen molar-refractivity contribution in [3.05, 3.63) is 12.7 Å². The summed E-state index contributed by atoms with van der Waals surface area (Å²) in [5.74, 6) is 0. The Labute approximate surface area is 117 Å². The Morgan fingerprint density at radius 2 is 2.00 bits per heavy atom. The van der Waals surface area contributed by atoms with E-state index in [-0.39, 0.29) is 19.7 Å². The minimum Gasteiger partial charge on any atom is -0.395 e. The molecule has 0 bridgehead atoms. The number of rotatable bonds is 11. The van der Waals surface area contributed by atoms with E-state index in [9.17, 15) is 8.42 Å². The largest absolute Gasteiger partial charge is 0.395 e. The van der Waals surface area contributed by atoms with Gasteiger partial charge in [-0.15, -0.1) is 6.58 Å². The Kier molecular flexibility index (Phi) is 9.20. The van der Waals surface area contributed by atoms with Gasteiger partial charge >= 0.3 is 0 Å². The number of aliphatic hydroxyl groups excluding tert-OH is 1. The van der Waals surface area contributed by atoms with Crippen molar-refractivity contribution in [3.8, 4) is 0 Å². The van der Waals surface area contributed by atoms with Gasteiger partial charge in [0.2, 0.25) is 0 Å². The van der Waals surface area contributed by atoms with Gasteiger partial charge in [-0.1, -0.05) is 19.9 Å². The summed E-state index contributed by atoms with van der Waals surface area (Å²) in [5, 5.41) is 12.2. The molecule has 0 saturated carbocycles. The molecule has 0 radical (unpaired) electrons. The van der Waals surface area contributed by atoms with Crippen molar-refractivity contribution in [3.63, 3.8) is 0 Å². The Morgan fingerprint density at radius 3 is 2.47 bits per heavy atom. The Bertz CT molecular complexity index is 344. The molecule has 0 aliphatic rings. The van der Waals surface area contributed by atoms with Crippen molar-refractivity contribution in [1.82, 2.24) is 13.9 Å². The lowest BCUT2D eigenvalue weighted by molar-refractivity contribution is 0.253. The molecule has 0 fully saturated rings. The number of nitrogens with zero attached hydrogens (tertiary/aromatic N) is 2. The van der Waals surface area contributed by atoms with Crippen LogP contribution in [0.1, 0.15) is 20.3 Å². The van der Waals surface area contributed by atoms with Gasteiger partial charge in [-0.2, -0.15) is 17.0 Å². The van der Waals surface area contributed by atoms with E-state index in [1.807, 2.05) is 13.8 Å². The van der Waals surface area contributed by atoms with E-state index in [0.717, 1.165) is 13.0 Å². The number of hydrogen-bond acceptors (Lipinski definition) is 4. The third-order valence-electron chi connectivity index (χ3n) is 2.60. The van der Waals surface area contributed by atoms with Gasteiger partial charge in [0.1, 0.15) is 0 Å². The third-order valence-corrected chi connectivity index (χ3v) is 4.56. The first kappa shape index (κ1) is 18.5. The molecule has 0 aliphatic heterocycles. The van der Waals surface area contributed by atoms with Gasteiger partial charge in [-0.25, -0.2) is 0 Å². The highest BCUT2D eigenvalue weighted by Gasteiger charge is 2.24. The predicted octanol–water partition coefficient (Wildman–Crippen LogP) is 0.0314.